The average molecular weight is 468 g/mol. The van der Waals surface area contributed by atoms with Crippen molar-refractivity contribution >= 4 is 34.7 Å². The molecule has 35 heavy (non-hydrogen) atoms. The number of carbonyl (C=O) groups excluding carboxylic acids is 3. The molecule has 1 aromatic heterocycles. The topological polar surface area (TPSA) is 99.6 Å². The van der Waals surface area contributed by atoms with Crippen LogP contribution in [0, 0.1) is 0 Å². The van der Waals surface area contributed by atoms with Crippen molar-refractivity contribution in [2.24, 2.45) is 0 Å². The highest BCUT2D eigenvalue weighted by atomic mass is 16.3. The number of nitrogens with zero attached hydrogens (tertiary/aromatic N) is 2. The molecule has 2 aromatic carbocycles. The molecular weight excluding hydrogens is 442 g/mol. The summed E-state index contributed by atoms with van der Waals surface area (Å²) >= 11 is 0. The first-order valence-electron chi connectivity index (χ1n) is 11.7. The van der Waals surface area contributed by atoms with Gasteiger partial charge < -0.3 is 10.4 Å². The number of carbonyl (C=O) groups is 3. The third-order valence-corrected chi connectivity index (χ3v) is 6.48. The Bertz CT molecular complexity index is 1360. The molecule has 1 unspecified atom stereocenters. The fourth-order valence-electron chi connectivity index (χ4n) is 4.89. The molecule has 2 amide bonds. The van der Waals surface area contributed by atoms with Gasteiger partial charge in [-0.1, -0.05) is 24.3 Å². The van der Waals surface area contributed by atoms with Crippen LogP contribution in [-0.4, -0.2) is 27.7 Å². The van der Waals surface area contributed by atoms with E-state index in [1.807, 2.05) is 12.1 Å². The third kappa shape index (κ3) is 4.21. The molecule has 0 bridgehead atoms. The lowest BCUT2D eigenvalue weighted by atomic mass is 9.89. The van der Waals surface area contributed by atoms with Crippen LogP contribution in [0.2, 0.25) is 0 Å². The van der Waals surface area contributed by atoms with Crippen molar-refractivity contribution in [1.82, 2.24) is 4.98 Å². The number of ketones is 1. The zero-order chi connectivity index (χ0) is 24.5. The summed E-state index contributed by atoms with van der Waals surface area (Å²) in [4.78, 5) is 43.9. The second-order valence-electron chi connectivity index (χ2n) is 8.85. The molecule has 0 saturated carbocycles. The molecule has 1 aliphatic heterocycles. The van der Waals surface area contributed by atoms with Crippen molar-refractivity contribution in [3.8, 4) is 0 Å². The molecule has 2 aliphatic rings. The lowest BCUT2D eigenvalue weighted by Gasteiger charge is -2.25. The molecule has 5 rings (SSSR count). The Labute approximate surface area is 203 Å². The summed E-state index contributed by atoms with van der Waals surface area (Å²) in [5.74, 6) is -2.01. The molecule has 1 saturated heterocycles. The van der Waals surface area contributed by atoms with Crippen LogP contribution in [0.5, 0.6) is 0 Å². The highest BCUT2D eigenvalue weighted by Crippen LogP contribution is 2.42. The van der Waals surface area contributed by atoms with Crippen molar-refractivity contribution in [1.29, 1.82) is 0 Å². The summed E-state index contributed by atoms with van der Waals surface area (Å²) < 4.78 is 0. The Morgan fingerprint density at radius 2 is 1.80 bits per heavy atom. The van der Waals surface area contributed by atoms with Crippen molar-refractivity contribution in [2.45, 2.75) is 38.6 Å². The number of nitrogens with one attached hydrogen (secondary N) is 1. The number of fused-ring (bicyclic) bond motifs is 1. The molecule has 2 heterocycles. The molecule has 1 atom stereocenters. The van der Waals surface area contributed by atoms with Crippen LogP contribution in [0.4, 0.5) is 11.4 Å². The lowest BCUT2D eigenvalue weighted by Crippen LogP contribution is -2.30. The first kappa shape index (κ1) is 22.5. The Balaban J connectivity index is 1.66. The number of anilines is 2. The highest BCUT2D eigenvalue weighted by molar-refractivity contribution is 6.51. The van der Waals surface area contributed by atoms with Gasteiger partial charge in [0.05, 0.1) is 11.3 Å². The zero-order valence-corrected chi connectivity index (χ0v) is 19.3. The maximum atomic E-state index is 13.3. The number of benzene rings is 2. The summed E-state index contributed by atoms with van der Waals surface area (Å²) in [6, 6.07) is 16.7. The highest BCUT2D eigenvalue weighted by Gasteiger charge is 2.47. The number of aliphatic hydroxyl groups is 1. The summed E-state index contributed by atoms with van der Waals surface area (Å²) in [5.41, 5.74) is 4.28. The van der Waals surface area contributed by atoms with Gasteiger partial charge in [0.25, 0.3) is 11.7 Å². The molecule has 1 aliphatic carbocycles. The summed E-state index contributed by atoms with van der Waals surface area (Å²) in [5, 5.41) is 14.1. The molecule has 7 heteroatoms. The SMILES string of the molecule is CC(=O)Nc1cccc(N2C(=O)C(=O)/C(=C(\O)c3ccc4c(c3)CCCC4)C2c2ccccn2)c1. The second-order valence-corrected chi connectivity index (χ2v) is 8.85. The number of pyridine rings is 1. The van der Waals surface area contributed by atoms with Crippen LogP contribution in [0.3, 0.4) is 0 Å². The molecule has 0 spiro atoms. The number of amides is 2. The van der Waals surface area contributed by atoms with Crippen molar-refractivity contribution < 1.29 is 19.5 Å². The third-order valence-electron chi connectivity index (χ3n) is 6.48. The Morgan fingerprint density at radius 1 is 1.00 bits per heavy atom. The van der Waals surface area contributed by atoms with Crippen LogP contribution in [0.1, 0.15) is 48.2 Å². The minimum Gasteiger partial charge on any atom is -0.507 e. The maximum absolute atomic E-state index is 13.3. The van der Waals surface area contributed by atoms with Gasteiger partial charge in [0.15, 0.2) is 0 Å². The number of aryl methyl sites for hydroxylation is 2. The summed E-state index contributed by atoms with van der Waals surface area (Å²) in [6.07, 6.45) is 5.73. The molecule has 176 valence electrons. The number of hydrogen-bond acceptors (Lipinski definition) is 5. The fraction of sp³-hybridized carbons (Fsp3) is 0.214. The van der Waals surface area contributed by atoms with Crippen LogP contribution in [0.15, 0.2) is 72.4 Å². The Kier molecular flexibility index (Phi) is 5.91. The minimum atomic E-state index is -0.917. The second kappa shape index (κ2) is 9.18. The van der Waals surface area contributed by atoms with Gasteiger partial charge >= 0.3 is 0 Å². The van der Waals surface area contributed by atoms with Gasteiger partial charge in [-0.05, 0) is 73.2 Å². The number of aliphatic hydroxyl groups excluding tert-OH is 1. The van der Waals surface area contributed by atoms with Gasteiger partial charge in [-0.25, -0.2) is 0 Å². The predicted octanol–water partition coefficient (Wildman–Crippen LogP) is 4.55. The molecule has 0 radical (unpaired) electrons. The van der Waals surface area contributed by atoms with E-state index in [2.05, 4.69) is 10.3 Å². The molecule has 1 fully saturated rings. The zero-order valence-electron chi connectivity index (χ0n) is 19.3. The monoisotopic (exact) mass is 467 g/mol. The van der Waals surface area contributed by atoms with Crippen LogP contribution >= 0.6 is 0 Å². The van der Waals surface area contributed by atoms with E-state index in [1.54, 1.807) is 54.7 Å². The Morgan fingerprint density at radius 3 is 2.54 bits per heavy atom. The van der Waals surface area contributed by atoms with Gasteiger partial charge in [0.1, 0.15) is 11.8 Å². The van der Waals surface area contributed by atoms with Crippen LogP contribution < -0.4 is 10.2 Å². The van der Waals surface area contributed by atoms with Gasteiger partial charge in [0.2, 0.25) is 5.91 Å². The van der Waals surface area contributed by atoms with Crippen molar-refractivity contribution in [2.75, 3.05) is 10.2 Å². The summed E-state index contributed by atoms with van der Waals surface area (Å²) in [6.45, 7) is 1.39. The quantitative estimate of drug-likeness (QED) is 0.333. The van der Waals surface area contributed by atoms with Gasteiger partial charge in [-0.15, -0.1) is 0 Å². The number of hydrogen-bond donors (Lipinski definition) is 2. The standard InChI is InChI=1S/C28H25N3O4/c1-17(32)30-21-9-6-10-22(16-21)31-25(23-11-4-5-14-29-23)24(27(34)28(31)35)26(33)20-13-12-18-7-2-3-8-19(18)15-20/h4-6,9-16,25,33H,2-3,7-8H2,1H3,(H,30,32)/b26-24-. The maximum Gasteiger partial charge on any atom is 0.300 e. The van der Waals surface area contributed by atoms with Gasteiger partial charge in [-0.3, -0.25) is 24.3 Å². The van der Waals surface area contributed by atoms with Gasteiger partial charge in [0, 0.05) is 30.1 Å². The van der Waals surface area contributed by atoms with E-state index in [1.165, 1.54) is 17.4 Å². The van der Waals surface area contributed by atoms with Gasteiger partial charge in [-0.2, -0.15) is 0 Å². The minimum absolute atomic E-state index is 0.00519. The van der Waals surface area contributed by atoms with E-state index >= 15 is 0 Å². The molecule has 7 nitrogen and oxygen atoms in total. The summed E-state index contributed by atoms with van der Waals surface area (Å²) in [7, 11) is 0. The van der Waals surface area contributed by atoms with E-state index in [0.717, 1.165) is 31.2 Å². The number of aromatic nitrogens is 1. The van der Waals surface area contributed by atoms with E-state index in [0.29, 0.717) is 22.6 Å². The lowest BCUT2D eigenvalue weighted by molar-refractivity contribution is -0.132. The van der Waals surface area contributed by atoms with Crippen LogP contribution in [-0.2, 0) is 27.2 Å². The average Bonchev–Trinajstić information content (AvgIpc) is 3.14. The predicted molar refractivity (Wildman–Crippen MR) is 133 cm³/mol. The van der Waals surface area contributed by atoms with Crippen LogP contribution in [0.25, 0.3) is 5.76 Å². The normalized spacial score (nSPS) is 18.9. The number of rotatable bonds is 4. The first-order valence-corrected chi connectivity index (χ1v) is 11.7. The smallest absolute Gasteiger partial charge is 0.300 e. The first-order chi connectivity index (χ1) is 16.9. The molecule has 3 aromatic rings. The van der Waals surface area contributed by atoms with Crippen molar-refractivity contribution in [3.05, 3.63) is 94.8 Å². The Hall–Kier alpha value is -4.26. The van der Waals surface area contributed by atoms with Crippen molar-refractivity contribution in [3.63, 3.8) is 0 Å². The fourth-order valence-corrected chi connectivity index (χ4v) is 4.89. The number of Topliss-reactive ketones (excluding diaryl/α,β-unsaturated/α-hetero) is 1. The van der Waals surface area contributed by atoms with E-state index in [-0.39, 0.29) is 17.2 Å². The van der Waals surface area contributed by atoms with E-state index in [9.17, 15) is 19.5 Å². The largest absolute Gasteiger partial charge is 0.507 e. The molecular formula is C28H25N3O4. The molecule has 2 N–H and O–H groups in total. The van der Waals surface area contributed by atoms with E-state index in [4.69, 9.17) is 0 Å². The van der Waals surface area contributed by atoms with E-state index < -0.39 is 17.7 Å².